The van der Waals surface area contributed by atoms with E-state index in [-0.39, 0.29) is 36.0 Å². The Kier molecular flexibility index (Phi) is 3.14. The summed E-state index contributed by atoms with van der Waals surface area (Å²) in [4.78, 5) is 22.1. The molecule has 0 aromatic carbocycles. The lowest BCUT2D eigenvalue weighted by Gasteiger charge is -2.21. The molecule has 4 atom stereocenters. The van der Waals surface area contributed by atoms with Crippen molar-refractivity contribution in [2.45, 2.75) is 32.0 Å². The highest BCUT2D eigenvalue weighted by Crippen LogP contribution is 2.42. The first kappa shape index (κ1) is 11.4. The van der Waals surface area contributed by atoms with Gasteiger partial charge < -0.3 is 14.2 Å². The minimum Gasteiger partial charge on any atom is -0.462 e. The molecule has 5 nitrogen and oxygen atoms in total. The third kappa shape index (κ3) is 2.04. The lowest BCUT2D eigenvalue weighted by molar-refractivity contribution is -0.150. The quantitative estimate of drug-likeness (QED) is 0.659. The zero-order valence-corrected chi connectivity index (χ0v) is 9.47. The van der Waals surface area contributed by atoms with Crippen LogP contribution in [0.25, 0.3) is 0 Å². The SMILES string of the molecule is COC[C@H]1[C@@H]2CC(=O)O[C@@H]2C[C@@H]1OC(C)=O. The fourth-order valence-electron chi connectivity index (χ4n) is 2.73. The second-order valence-corrected chi connectivity index (χ2v) is 4.40. The Balaban J connectivity index is 2.06. The molecular weight excluding hydrogens is 212 g/mol. The van der Waals surface area contributed by atoms with Crippen LogP contribution in [0.1, 0.15) is 19.8 Å². The number of hydrogen-bond donors (Lipinski definition) is 0. The maximum Gasteiger partial charge on any atom is 0.306 e. The van der Waals surface area contributed by atoms with Gasteiger partial charge in [0.2, 0.25) is 0 Å². The van der Waals surface area contributed by atoms with E-state index in [1.165, 1.54) is 6.92 Å². The Morgan fingerprint density at radius 2 is 2.31 bits per heavy atom. The third-order valence-electron chi connectivity index (χ3n) is 3.33. The number of methoxy groups -OCH3 is 1. The van der Waals surface area contributed by atoms with Gasteiger partial charge in [-0.3, -0.25) is 9.59 Å². The molecule has 1 aliphatic carbocycles. The number of hydrogen-bond acceptors (Lipinski definition) is 5. The van der Waals surface area contributed by atoms with Gasteiger partial charge in [0.15, 0.2) is 0 Å². The van der Waals surface area contributed by atoms with Crippen LogP contribution in [0.4, 0.5) is 0 Å². The van der Waals surface area contributed by atoms with E-state index in [9.17, 15) is 9.59 Å². The predicted molar refractivity (Wildman–Crippen MR) is 53.5 cm³/mol. The summed E-state index contributed by atoms with van der Waals surface area (Å²) >= 11 is 0. The standard InChI is InChI=1S/C11H16O5/c1-6(12)15-10-4-9-7(3-11(13)16-9)8(10)5-14-2/h7-10H,3-5H2,1-2H3/t7-,8-,9+,10-/m0/s1. The van der Waals surface area contributed by atoms with Gasteiger partial charge in [-0.2, -0.15) is 0 Å². The van der Waals surface area contributed by atoms with E-state index in [2.05, 4.69) is 0 Å². The molecule has 2 rings (SSSR count). The molecule has 0 aromatic heterocycles. The Bertz CT molecular complexity index is 301. The first-order chi connectivity index (χ1) is 7.61. The van der Waals surface area contributed by atoms with Crippen molar-refractivity contribution in [3.63, 3.8) is 0 Å². The van der Waals surface area contributed by atoms with Crippen molar-refractivity contribution in [3.05, 3.63) is 0 Å². The van der Waals surface area contributed by atoms with Crippen molar-refractivity contribution in [2.24, 2.45) is 11.8 Å². The smallest absolute Gasteiger partial charge is 0.306 e. The molecule has 1 aliphatic heterocycles. The Morgan fingerprint density at radius 1 is 1.56 bits per heavy atom. The summed E-state index contributed by atoms with van der Waals surface area (Å²) in [6.07, 6.45) is 0.734. The fourth-order valence-corrected chi connectivity index (χ4v) is 2.73. The molecule has 1 heterocycles. The van der Waals surface area contributed by atoms with Crippen molar-refractivity contribution >= 4 is 11.9 Å². The molecule has 2 aliphatic rings. The van der Waals surface area contributed by atoms with E-state index in [4.69, 9.17) is 14.2 Å². The molecule has 0 spiro atoms. The van der Waals surface area contributed by atoms with Crippen molar-refractivity contribution in [1.82, 2.24) is 0 Å². The van der Waals surface area contributed by atoms with Crippen LogP contribution in [0.15, 0.2) is 0 Å². The third-order valence-corrected chi connectivity index (χ3v) is 3.33. The van der Waals surface area contributed by atoms with E-state index in [0.717, 1.165) is 0 Å². The van der Waals surface area contributed by atoms with Gasteiger partial charge in [0, 0.05) is 32.3 Å². The predicted octanol–water partition coefficient (Wildman–Crippen LogP) is 0.516. The lowest BCUT2D eigenvalue weighted by Crippen LogP contribution is -2.28. The first-order valence-electron chi connectivity index (χ1n) is 5.47. The second kappa shape index (κ2) is 4.41. The molecular formula is C11H16O5. The largest absolute Gasteiger partial charge is 0.462 e. The van der Waals surface area contributed by atoms with Crippen LogP contribution in [0, 0.1) is 11.8 Å². The van der Waals surface area contributed by atoms with E-state index in [1.807, 2.05) is 0 Å². The molecule has 2 fully saturated rings. The number of rotatable bonds is 3. The van der Waals surface area contributed by atoms with Gasteiger partial charge in [-0.1, -0.05) is 0 Å². The van der Waals surface area contributed by atoms with Gasteiger partial charge in [0.05, 0.1) is 13.0 Å². The molecule has 90 valence electrons. The van der Waals surface area contributed by atoms with Crippen LogP contribution < -0.4 is 0 Å². The highest BCUT2D eigenvalue weighted by molar-refractivity contribution is 5.72. The molecule has 5 heteroatoms. The average Bonchev–Trinajstić information content (AvgIpc) is 2.65. The van der Waals surface area contributed by atoms with E-state index in [0.29, 0.717) is 19.4 Å². The van der Waals surface area contributed by atoms with Crippen LogP contribution in [-0.4, -0.2) is 37.9 Å². The van der Waals surface area contributed by atoms with Gasteiger partial charge in [0.25, 0.3) is 0 Å². The Hall–Kier alpha value is -1.10. The van der Waals surface area contributed by atoms with E-state index < -0.39 is 0 Å². The summed E-state index contributed by atoms with van der Waals surface area (Å²) in [5.41, 5.74) is 0. The first-order valence-corrected chi connectivity index (χ1v) is 5.47. The normalized spacial score (nSPS) is 37.0. The monoisotopic (exact) mass is 228 g/mol. The van der Waals surface area contributed by atoms with Crippen LogP contribution >= 0.6 is 0 Å². The maximum absolute atomic E-state index is 11.2. The number of carbonyl (C=O) groups excluding carboxylic acids is 2. The number of fused-ring (bicyclic) bond motifs is 1. The van der Waals surface area contributed by atoms with Gasteiger partial charge in [-0.15, -0.1) is 0 Å². The van der Waals surface area contributed by atoms with E-state index in [1.54, 1.807) is 7.11 Å². The average molecular weight is 228 g/mol. The summed E-state index contributed by atoms with van der Waals surface area (Å²) in [7, 11) is 1.61. The highest BCUT2D eigenvalue weighted by atomic mass is 16.6. The topological polar surface area (TPSA) is 61.8 Å². The summed E-state index contributed by atoms with van der Waals surface area (Å²) in [5.74, 6) is -0.239. The lowest BCUT2D eigenvalue weighted by atomic mass is 9.93. The highest BCUT2D eigenvalue weighted by Gasteiger charge is 2.51. The number of ether oxygens (including phenoxy) is 3. The fraction of sp³-hybridized carbons (Fsp3) is 0.818. The zero-order valence-electron chi connectivity index (χ0n) is 9.47. The molecule has 0 N–H and O–H groups in total. The van der Waals surface area contributed by atoms with Gasteiger partial charge in [0.1, 0.15) is 12.2 Å². The van der Waals surface area contributed by atoms with Crippen LogP contribution in [0.3, 0.4) is 0 Å². The van der Waals surface area contributed by atoms with Gasteiger partial charge in [-0.05, 0) is 0 Å². The van der Waals surface area contributed by atoms with Crippen molar-refractivity contribution < 1.29 is 23.8 Å². The molecule has 0 amide bonds. The van der Waals surface area contributed by atoms with Crippen molar-refractivity contribution in [2.75, 3.05) is 13.7 Å². The van der Waals surface area contributed by atoms with Gasteiger partial charge >= 0.3 is 11.9 Å². The summed E-state index contributed by atoms with van der Waals surface area (Å²) < 4.78 is 15.5. The molecule has 1 saturated carbocycles. The molecule has 0 bridgehead atoms. The Labute approximate surface area is 94.0 Å². The molecule has 0 aromatic rings. The minimum atomic E-state index is -0.294. The summed E-state index contributed by atoms with van der Waals surface area (Å²) in [6, 6.07) is 0. The minimum absolute atomic E-state index is 0.0744. The second-order valence-electron chi connectivity index (χ2n) is 4.40. The Morgan fingerprint density at radius 3 is 2.94 bits per heavy atom. The molecule has 16 heavy (non-hydrogen) atoms. The van der Waals surface area contributed by atoms with Crippen LogP contribution in [-0.2, 0) is 23.8 Å². The zero-order chi connectivity index (χ0) is 11.7. The summed E-state index contributed by atoms with van der Waals surface area (Å²) in [5, 5.41) is 0. The maximum atomic E-state index is 11.2. The molecule has 0 unspecified atom stereocenters. The van der Waals surface area contributed by atoms with Crippen molar-refractivity contribution in [1.29, 1.82) is 0 Å². The van der Waals surface area contributed by atoms with Gasteiger partial charge in [-0.25, -0.2) is 0 Å². The van der Waals surface area contributed by atoms with Crippen molar-refractivity contribution in [3.8, 4) is 0 Å². The van der Waals surface area contributed by atoms with Crippen LogP contribution in [0.5, 0.6) is 0 Å². The number of esters is 2. The molecule has 1 saturated heterocycles. The molecule has 0 radical (unpaired) electrons. The summed E-state index contributed by atoms with van der Waals surface area (Å²) in [6.45, 7) is 1.89. The van der Waals surface area contributed by atoms with E-state index >= 15 is 0 Å². The number of carbonyl (C=O) groups is 2. The van der Waals surface area contributed by atoms with Crippen LogP contribution in [0.2, 0.25) is 0 Å².